The molecule has 1 atom stereocenters. The molecule has 1 fully saturated rings. The zero-order chi connectivity index (χ0) is 13.7. The maximum atomic E-state index is 13.1. The fourth-order valence-electron chi connectivity index (χ4n) is 2.08. The number of carbonyl (C=O) groups is 1. The van der Waals surface area contributed by atoms with Gasteiger partial charge in [-0.15, -0.1) is 12.4 Å². The molecule has 1 heterocycles. The van der Waals surface area contributed by atoms with Crippen molar-refractivity contribution in [3.05, 3.63) is 29.6 Å². The molecule has 1 aromatic carbocycles. The van der Waals surface area contributed by atoms with Crippen LogP contribution in [0.1, 0.15) is 18.4 Å². The smallest absolute Gasteiger partial charge is 0.238 e. The summed E-state index contributed by atoms with van der Waals surface area (Å²) >= 11 is 0. The van der Waals surface area contributed by atoms with E-state index in [9.17, 15) is 9.18 Å². The van der Waals surface area contributed by atoms with Gasteiger partial charge in [0.25, 0.3) is 0 Å². The van der Waals surface area contributed by atoms with Crippen molar-refractivity contribution in [2.75, 3.05) is 25.0 Å². The van der Waals surface area contributed by atoms with E-state index >= 15 is 0 Å². The Morgan fingerprint density at radius 1 is 1.50 bits per heavy atom. The molecule has 112 valence electrons. The fraction of sp³-hybridized carbons (Fsp3) is 0.500. The van der Waals surface area contributed by atoms with Crippen LogP contribution in [-0.2, 0) is 9.53 Å². The second-order valence-electron chi connectivity index (χ2n) is 4.77. The molecule has 0 saturated carbocycles. The molecule has 1 saturated heterocycles. The minimum absolute atomic E-state index is 0. The third kappa shape index (κ3) is 5.07. The first-order valence-corrected chi connectivity index (χ1v) is 6.53. The maximum Gasteiger partial charge on any atom is 0.238 e. The lowest BCUT2D eigenvalue weighted by Gasteiger charge is -2.12. The third-order valence-electron chi connectivity index (χ3n) is 3.16. The van der Waals surface area contributed by atoms with Gasteiger partial charge in [0.2, 0.25) is 5.91 Å². The number of nitrogens with one attached hydrogen (secondary N) is 2. The number of carbonyl (C=O) groups excluding carboxylic acids is 1. The number of rotatable bonds is 5. The van der Waals surface area contributed by atoms with Crippen LogP contribution in [-0.4, -0.2) is 31.7 Å². The third-order valence-corrected chi connectivity index (χ3v) is 3.16. The van der Waals surface area contributed by atoms with Crippen LogP contribution in [0.3, 0.4) is 0 Å². The first kappa shape index (κ1) is 16.9. The highest BCUT2D eigenvalue weighted by molar-refractivity contribution is 5.92. The van der Waals surface area contributed by atoms with Gasteiger partial charge >= 0.3 is 0 Å². The van der Waals surface area contributed by atoms with Crippen molar-refractivity contribution in [1.82, 2.24) is 5.32 Å². The summed E-state index contributed by atoms with van der Waals surface area (Å²) in [7, 11) is 0. The normalized spacial score (nSPS) is 17.6. The Bertz CT molecular complexity index is 451. The van der Waals surface area contributed by atoms with Crippen LogP contribution in [0.2, 0.25) is 0 Å². The Balaban J connectivity index is 0.00000200. The molecule has 1 aliphatic heterocycles. The summed E-state index contributed by atoms with van der Waals surface area (Å²) in [6.45, 7) is 3.52. The number of anilines is 1. The van der Waals surface area contributed by atoms with Gasteiger partial charge in [0.1, 0.15) is 5.82 Å². The summed E-state index contributed by atoms with van der Waals surface area (Å²) in [4.78, 5) is 11.7. The van der Waals surface area contributed by atoms with Crippen LogP contribution >= 0.6 is 12.4 Å². The second kappa shape index (κ2) is 8.19. The number of benzene rings is 1. The predicted molar refractivity (Wildman–Crippen MR) is 78.9 cm³/mol. The molecule has 4 nitrogen and oxygen atoms in total. The molecule has 1 amide bonds. The van der Waals surface area contributed by atoms with Gasteiger partial charge in [-0.25, -0.2) is 4.39 Å². The number of ether oxygens (including phenoxy) is 1. The van der Waals surface area contributed by atoms with E-state index in [-0.39, 0.29) is 36.8 Å². The van der Waals surface area contributed by atoms with E-state index in [2.05, 4.69) is 10.6 Å². The number of hydrogen-bond acceptors (Lipinski definition) is 3. The molecule has 1 aromatic rings. The van der Waals surface area contributed by atoms with Crippen molar-refractivity contribution >= 4 is 24.0 Å². The van der Waals surface area contributed by atoms with Crippen LogP contribution in [0.15, 0.2) is 18.2 Å². The number of halogens is 2. The summed E-state index contributed by atoms with van der Waals surface area (Å²) in [6.07, 6.45) is 2.34. The van der Waals surface area contributed by atoms with Gasteiger partial charge in [0, 0.05) is 18.8 Å². The molecule has 0 spiro atoms. The zero-order valence-corrected chi connectivity index (χ0v) is 12.3. The summed E-state index contributed by atoms with van der Waals surface area (Å²) in [5.41, 5.74) is 1.36. The number of aryl methyl sites for hydroxylation is 1. The quantitative estimate of drug-likeness (QED) is 0.877. The Morgan fingerprint density at radius 3 is 3.00 bits per heavy atom. The molecule has 2 N–H and O–H groups in total. The van der Waals surface area contributed by atoms with Gasteiger partial charge in [-0.3, -0.25) is 4.79 Å². The molecule has 0 bridgehead atoms. The molecule has 2 rings (SSSR count). The summed E-state index contributed by atoms with van der Waals surface area (Å²) < 4.78 is 18.5. The van der Waals surface area contributed by atoms with Crippen molar-refractivity contribution < 1.29 is 13.9 Å². The Labute approximate surface area is 124 Å². The van der Waals surface area contributed by atoms with E-state index in [0.29, 0.717) is 12.2 Å². The van der Waals surface area contributed by atoms with E-state index in [0.717, 1.165) is 25.0 Å². The molecular weight excluding hydrogens is 283 g/mol. The minimum Gasteiger partial charge on any atom is -0.377 e. The van der Waals surface area contributed by atoms with Crippen LogP contribution in [0.25, 0.3) is 0 Å². The van der Waals surface area contributed by atoms with E-state index in [4.69, 9.17) is 4.74 Å². The second-order valence-corrected chi connectivity index (χ2v) is 4.77. The molecular formula is C14H20ClFN2O2. The molecule has 0 aromatic heterocycles. The van der Waals surface area contributed by atoms with Gasteiger partial charge in [-0.2, -0.15) is 0 Å². The van der Waals surface area contributed by atoms with Gasteiger partial charge in [-0.05, 0) is 37.5 Å². The van der Waals surface area contributed by atoms with Gasteiger partial charge in [-0.1, -0.05) is 6.07 Å². The molecule has 1 aliphatic rings. The van der Waals surface area contributed by atoms with Crippen LogP contribution in [0.4, 0.5) is 10.1 Å². The predicted octanol–water partition coefficient (Wildman–Crippen LogP) is 2.26. The van der Waals surface area contributed by atoms with Gasteiger partial charge < -0.3 is 15.4 Å². The lowest BCUT2D eigenvalue weighted by atomic mass is 10.2. The lowest BCUT2D eigenvalue weighted by Crippen LogP contribution is -2.33. The van der Waals surface area contributed by atoms with Gasteiger partial charge in [0.15, 0.2) is 0 Å². The largest absolute Gasteiger partial charge is 0.377 e. The average molecular weight is 303 g/mol. The minimum atomic E-state index is -0.354. The first-order valence-electron chi connectivity index (χ1n) is 6.53. The highest BCUT2D eigenvalue weighted by Gasteiger charge is 2.15. The summed E-state index contributed by atoms with van der Waals surface area (Å²) in [6, 6.07) is 4.35. The summed E-state index contributed by atoms with van der Waals surface area (Å²) in [5, 5.41) is 5.74. The maximum absolute atomic E-state index is 13.1. The van der Waals surface area contributed by atoms with E-state index in [1.54, 1.807) is 6.07 Å². The molecule has 20 heavy (non-hydrogen) atoms. The molecule has 1 unspecified atom stereocenters. The molecule has 6 heteroatoms. The highest BCUT2D eigenvalue weighted by Crippen LogP contribution is 2.15. The lowest BCUT2D eigenvalue weighted by molar-refractivity contribution is -0.115. The standard InChI is InChI=1S/C14H19FN2O2.ClH/c1-10-4-5-11(15)7-13(10)17-14(18)9-16-8-12-3-2-6-19-12;/h4-5,7,12,16H,2-3,6,8-9H2,1H3,(H,17,18);1H. The van der Waals surface area contributed by atoms with Gasteiger partial charge in [0.05, 0.1) is 12.6 Å². The van der Waals surface area contributed by atoms with Crippen LogP contribution < -0.4 is 10.6 Å². The number of amides is 1. The van der Waals surface area contributed by atoms with Crippen LogP contribution in [0.5, 0.6) is 0 Å². The van der Waals surface area contributed by atoms with E-state index in [1.807, 2.05) is 6.92 Å². The SMILES string of the molecule is Cc1ccc(F)cc1NC(=O)CNCC1CCCO1.Cl. The monoisotopic (exact) mass is 302 g/mol. The average Bonchev–Trinajstić information content (AvgIpc) is 2.87. The molecule has 0 radical (unpaired) electrons. The topological polar surface area (TPSA) is 50.4 Å². The van der Waals surface area contributed by atoms with Crippen molar-refractivity contribution in [3.8, 4) is 0 Å². The highest BCUT2D eigenvalue weighted by atomic mass is 35.5. The number of hydrogen-bond donors (Lipinski definition) is 2. The van der Waals surface area contributed by atoms with E-state index < -0.39 is 0 Å². The van der Waals surface area contributed by atoms with Crippen molar-refractivity contribution in [1.29, 1.82) is 0 Å². The van der Waals surface area contributed by atoms with Crippen molar-refractivity contribution in [2.24, 2.45) is 0 Å². The fourth-order valence-corrected chi connectivity index (χ4v) is 2.08. The van der Waals surface area contributed by atoms with Crippen LogP contribution in [0, 0.1) is 12.7 Å². The Hall–Kier alpha value is -1.17. The zero-order valence-electron chi connectivity index (χ0n) is 11.4. The van der Waals surface area contributed by atoms with Crippen molar-refractivity contribution in [3.63, 3.8) is 0 Å². The summed E-state index contributed by atoms with van der Waals surface area (Å²) in [5.74, 6) is -0.528. The molecule has 0 aliphatic carbocycles. The first-order chi connectivity index (χ1) is 9.15. The van der Waals surface area contributed by atoms with E-state index in [1.165, 1.54) is 12.1 Å². The Kier molecular flexibility index (Phi) is 6.91. The van der Waals surface area contributed by atoms with Crippen molar-refractivity contribution in [2.45, 2.75) is 25.9 Å². The Morgan fingerprint density at radius 2 is 2.30 bits per heavy atom.